The third kappa shape index (κ3) is 2.78. The van der Waals surface area contributed by atoms with E-state index >= 15 is 0 Å². The zero-order valence-corrected chi connectivity index (χ0v) is 8.84. The molecule has 0 spiro atoms. The first kappa shape index (κ1) is 10.7. The number of rotatable bonds is 2. The van der Waals surface area contributed by atoms with E-state index in [1.165, 1.54) is 0 Å². The van der Waals surface area contributed by atoms with Crippen molar-refractivity contribution in [2.75, 3.05) is 5.73 Å². The van der Waals surface area contributed by atoms with E-state index in [0.717, 1.165) is 0 Å². The predicted octanol–water partition coefficient (Wildman–Crippen LogP) is 1.32. The first-order valence-corrected chi connectivity index (χ1v) is 5.92. The van der Waals surface area contributed by atoms with E-state index in [1.54, 1.807) is 24.3 Å². The van der Waals surface area contributed by atoms with Crippen LogP contribution in [-0.2, 0) is 4.57 Å². The highest BCUT2D eigenvalue weighted by Crippen LogP contribution is 2.55. The number of nitrogens with two attached hydrogens (primary N) is 1. The van der Waals surface area contributed by atoms with Gasteiger partial charge in [-0.2, -0.15) is 0 Å². The van der Waals surface area contributed by atoms with E-state index < -0.39 is 13.0 Å². The summed E-state index contributed by atoms with van der Waals surface area (Å²) in [6.45, 7) is 0. The van der Waals surface area contributed by atoms with Crippen molar-refractivity contribution in [3.63, 3.8) is 0 Å². The topological polar surface area (TPSA) is 83.6 Å². The maximum atomic E-state index is 10.9. The molecule has 0 saturated heterocycles. The Bertz CT molecular complexity index is 332. The van der Waals surface area contributed by atoms with Crippen molar-refractivity contribution in [2.24, 2.45) is 0 Å². The van der Waals surface area contributed by atoms with Gasteiger partial charge in [-0.1, -0.05) is 12.1 Å². The van der Waals surface area contributed by atoms with Gasteiger partial charge in [-0.15, -0.1) is 9.24 Å². The fourth-order valence-corrected chi connectivity index (χ4v) is 1.67. The largest absolute Gasteiger partial charge is 0.399 e. The van der Waals surface area contributed by atoms with Crippen LogP contribution in [0, 0.1) is 0 Å². The summed E-state index contributed by atoms with van der Waals surface area (Å²) in [5.74, 6) is 0. The Hall–Kier alpha value is -0.400. The number of anilines is 1. The quantitative estimate of drug-likeness (QED) is 0.517. The van der Waals surface area contributed by atoms with Gasteiger partial charge in [0, 0.05) is 5.69 Å². The average Bonchev–Trinajstić information content (AvgIpc) is 2.03. The molecular formula is C7H11NO3P2. The number of benzene rings is 1. The summed E-state index contributed by atoms with van der Waals surface area (Å²) in [4.78, 5) is 17.7. The van der Waals surface area contributed by atoms with Gasteiger partial charge in [0.15, 0.2) is 0 Å². The van der Waals surface area contributed by atoms with Crippen LogP contribution in [0.2, 0.25) is 0 Å². The molecule has 0 aliphatic carbocycles. The summed E-state index contributed by atoms with van der Waals surface area (Å²) >= 11 is 0. The molecule has 2 atom stereocenters. The molecule has 4 nitrogen and oxygen atoms in total. The summed E-state index contributed by atoms with van der Waals surface area (Å²) in [7, 11) is -1.94. The van der Waals surface area contributed by atoms with Crippen molar-refractivity contribution < 1.29 is 14.4 Å². The molecule has 13 heavy (non-hydrogen) atoms. The summed E-state index contributed by atoms with van der Waals surface area (Å²) in [5.41, 5.74) is 6.57. The van der Waals surface area contributed by atoms with E-state index in [2.05, 4.69) is 9.24 Å². The highest BCUT2D eigenvalue weighted by atomic mass is 31.2. The van der Waals surface area contributed by atoms with E-state index in [1.807, 2.05) is 0 Å². The lowest BCUT2D eigenvalue weighted by Crippen LogP contribution is -1.92. The van der Waals surface area contributed by atoms with Gasteiger partial charge >= 0.3 is 7.60 Å². The lowest BCUT2D eigenvalue weighted by molar-refractivity contribution is 0.370. The van der Waals surface area contributed by atoms with Crippen LogP contribution in [0.25, 0.3) is 0 Å². The Morgan fingerprint density at radius 3 is 2.15 bits per heavy atom. The molecule has 0 radical (unpaired) electrons. The molecule has 0 aliphatic heterocycles. The fraction of sp³-hybridized carbons (Fsp3) is 0.143. The van der Waals surface area contributed by atoms with Crippen LogP contribution < -0.4 is 5.73 Å². The lowest BCUT2D eigenvalue weighted by Gasteiger charge is -2.13. The Morgan fingerprint density at radius 1 is 1.31 bits per heavy atom. The normalized spacial score (nSPS) is 14.1. The van der Waals surface area contributed by atoms with Gasteiger partial charge in [0.25, 0.3) is 0 Å². The summed E-state index contributed by atoms with van der Waals surface area (Å²) < 4.78 is 10.9. The molecule has 0 heterocycles. The Balaban J connectivity index is 2.97. The summed E-state index contributed by atoms with van der Waals surface area (Å²) in [5, 5.41) is -0.854. The highest BCUT2D eigenvalue weighted by molar-refractivity contribution is 7.60. The Morgan fingerprint density at radius 2 is 1.77 bits per heavy atom. The van der Waals surface area contributed by atoms with Crippen molar-refractivity contribution in [1.29, 1.82) is 0 Å². The second kappa shape index (κ2) is 3.77. The van der Waals surface area contributed by atoms with Gasteiger partial charge in [-0.25, -0.2) is 0 Å². The van der Waals surface area contributed by atoms with Crippen LogP contribution in [-0.4, -0.2) is 9.79 Å². The molecule has 72 valence electrons. The second-order valence-electron chi connectivity index (χ2n) is 2.70. The average molecular weight is 219 g/mol. The first-order valence-electron chi connectivity index (χ1n) is 3.57. The molecule has 0 aromatic heterocycles. The molecule has 0 fully saturated rings. The van der Waals surface area contributed by atoms with Crippen LogP contribution in [0.1, 0.15) is 11.0 Å². The van der Waals surface area contributed by atoms with Gasteiger partial charge in [0.05, 0.1) is 5.40 Å². The third-order valence-electron chi connectivity index (χ3n) is 1.64. The smallest absolute Gasteiger partial charge is 0.336 e. The standard InChI is InChI=1S/C7H11NO3P2/c8-6-3-1-5(2-4-6)7(12)13(9,10)11/h1-4,7H,8,12H2,(H2,9,10,11). The van der Waals surface area contributed by atoms with Crippen molar-refractivity contribution in [2.45, 2.75) is 5.40 Å². The van der Waals surface area contributed by atoms with E-state index in [4.69, 9.17) is 15.5 Å². The summed E-state index contributed by atoms with van der Waals surface area (Å²) in [6, 6.07) is 6.43. The van der Waals surface area contributed by atoms with E-state index in [9.17, 15) is 4.57 Å². The minimum atomic E-state index is -4.07. The molecule has 4 N–H and O–H groups in total. The molecule has 0 saturated carbocycles. The predicted molar refractivity (Wildman–Crippen MR) is 55.3 cm³/mol. The first-order chi connectivity index (χ1) is 5.91. The maximum absolute atomic E-state index is 10.9. The highest BCUT2D eigenvalue weighted by Gasteiger charge is 2.25. The summed E-state index contributed by atoms with van der Waals surface area (Å²) in [6.07, 6.45) is 0. The van der Waals surface area contributed by atoms with Crippen LogP contribution in [0.15, 0.2) is 24.3 Å². The third-order valence-corrected chi connectivity index (χ3v) is 4.21. The lowest BCUT2D eigenvalue weighted by atomic mass is 10.2. The van der Waals surface area contributed by atoms with Crippen LogP contribution >= 0.6 is 16.8 Å². The minimum absolute atomic E-state index is 0.563. The van der Waals surface area contributed by atoms with Crippen molar-refractivity contribution in [3.8, 4) is 0 Å². The van der Waals surface area contributed by atoms with Crippen LogP contribution in [0.5, 0.6) is 0 Å². The molecule has 0 aliphatic rings. The Kier molecular flexibility index (Phi) is 3.09. The van der Waals surface area contributed by atoms with Crippen molar-refractivity contribution >= 4 is 22.5 Å². The number of hydrogen-bond donors (Lipinski definition) is 3. The van der Waals surface area contributed by atoms with Gasteiger partial charge < -0.3 is 15.5 Å². The monoisotopic (exact) mass is 219 g/mol. The van der Waals surface area contributed by atoms with Crippen LogP contribution in [0.4, 0.5) is 5.69 Å². The van der Waals surface area contributed by atoms with Crippen LogP contribution in [0.3, 0.4) is 0 Å². The number of hydrogen-bond acceptors (Lipinski definition) is 2. The van der Waals surface area contributed by atoms with Gasteiger partial charge in [0.2, 0.25) is 0 Å². The fourth-order valence-electron chi connectivity index (χ4n) is 0.887. The molecule has 1 rings (SSSR count). The SMILES string of the molecule is Nc1ccc(C(P)P(=O)(O)O)cc1. The minimum Gasteiger partial charge on any atom is -0.399 e. The van der Waals surface area contributed by atoms with E-state index in [-0.39, 0.29) is 0 Å². The van der Waals surface area contributed by atoms with Gasteiger partial charge in [0.1, 0.15) is 0 Å². The molecule has 1 aromatic carbocycles. The molecule has 6 heteroatoms. The molecule has 0 bridgehead atoms. The van der Waals surface area contributed by atoms with Crippen molar-refractivity contribution in [1.82, 2.24) is 0 Å². The second-order valence-corrected chi connectivity index (χ2v) is 5.66. The molecule has 1 aromatic rings. The molecule has 2 unspecified atom stereocenters. The van der Waals surface area contributed by atoms with E-state index in [0.29, 0.717) is 11.3 Å². The number of nitrogen functional groups attached to an aromatic ring is 1. The van der Waals surface area contributed by atoms with Gasteiger partial charge in [-0.05, 0) is 17.7 Å². The molecule has 0 amide bonds. The van der Waals surface area contributed by atoms with Gasteiger partial charge in [-0.3, -0.25) is 4.57 Å². The van der Waals surface area contributed by atoms with Crippen molar-refractivity contribution in [3.05, 3.63) is 29.8 Å². The zero-order valence-electron chi connectivity index (χ0n) is 6.79. The maximum Gasteiger partial charge on any atom is 0.336 e. The molecular weight excluding hydrogens is 208 g/mol. The zero-order chi connectivity index (χ0) is 10.1. The Labute approximate surface area is 78.5 Å².